The number of benzene rings is 2. The van der Waals surface area contributed by atoms with Crippen LogP contribution in [0.25, 0.3) is 10.8 Å². The van der Waals surface area contributed by atoms with E-state index in [1.54, 1.807) is 6.20 Å². The van der Waals surface area contributed by atoms with Crippen molar-refractivity contribution in [1.82, 2.24) is 0 Å². The smallest absolute Gasteiger partial charge is 0.194 e. The molecule has 1 fully saturated rings. The molecule has 1 aliphatic heterocycles. The number of rotatable bonds is 2. The SMILES string of the molecule is CC1(C)OC(C)(C)/C(=C/Nc2ccc3ccccc3c2)C1=O. The fourth-order valence-electron chi connectivity index (χ4n) is 3.01. The highest BCUT2D eigenvalue weighted by Crippen LogP contribution is 2.38. The topological polar surface area (TPSA) is 38.3 Å². The van der Waals surface area contributed by atoms with Crippen molar-refractivity contribution in [2.45, 2.75) is 38.9 Å². The summed E-state index contributed by atoms with van der Waals surface area (Å²) < 4.78 is 5.86. The summed E-state index contributed by atoms with van der Waals surface area (Å²) in [6.07, 6.45) is 1.78. The monoisotopic (exact) mass is 295 g/mol. The molecule has 114 valence electrons. The number of Topliss-reactive ketones (excluding diaryl/α,β-unsaturated/α-hetero) is 1. The normalized spacial score (nSPS) is 21.5. The molecule has 22 heavy (non-hydrogen) atoms. The van der Waals surface area contributed by atoms with Crippen LogP contribution in [0, 0.1) is 0 Å². The van der Waals surface area contributed by atoms with Crippen LogP contribution in [0.4, 0.5) is 5.69 Å². The Bertz CT molecular complexity index is 772. The van der Waals surface area contributed by atoms with Gasteiger partial charge in [0.05, 0.1) is 5.60 Å². The Morgan fingerprint density at radius 3 is 2.27 bits per heavy atom. The Labute approximate surface area is 131 Å². The molecule has 2 aromatic rings. The molecule has 1 aliphatic rings. The van der Waals surface area contributed by atoms with Crippen molar-refractivity contribution in [2.75, 3.05) is 5.32 Å². The van der Waals surface area contributed by atoms with E-state index >= 15 is 0 Å². The summed E-state index contributed by atoms with van der Waals surface area (Å²) in [7, 11) is 0. The lowest BCUT2D eigenvalue weighted by molar-refractivity contribution is -0.132. The predicted molar refractivity (Wildman–Crippen MR) is 89.9 cm³/mol. The van der Waals surface area contributed by atoms with Gasteiger partial charge in [0.2, 0.25) is 0 Å². The Balaban J connectivity index is 1.90. The molecule has 3 rings (SSSR count). The highest BCUT2D eigenvalue weighted by molar-refractivity contribution is 6.05. The molecule has 3 heteroatoms. The van der Waals surface area contributed by atoms with Crippen molar-refractivity contribution in [1.29, 1.82) is 0 Å². The number of hydrogen-bond acceptors (Lipinski definition) is 3. The van der Waals surface area contributed by atoms with Crippen LogP contribution in [-0.4, -0.2) is 17.0 Å². The highest BCUT2D eigenvalue weighted by atomic mass is 16.5. The fraction of sp³-hybridized carbons (Fsp3) is 0.316. The van der Waals surface area contributed by atoms with Crippen molar-refractivity contribution in [3.8, 4) is 0 Å². The quantitative estimate of drug-likeness (QED) is 0.840. The molecule has 1 saturated heterocycles. The molecule has 0 aromatic heterocycles. The molecule has 2 aromatic carbocycles. The van der Waals surface area contributed by atoms with E-state index in [1.165, 1.54) is 10.8 Å². The van der Waals surface area contributed by atoms with Crippen LogP contribution in [0.3, 0.4) is 0 Å². The first-order valence-corrected chi connectivity index (χ1v) is 7.51. The van der Waals surface area contributed by atoms with Crippen LogP contribution in [0.1, 0.15) is 27.7 Å². The van der Waals surface area contributed by atoms with Gasteiger partial charge in [-0.3, -0.25) is 4.79 Å². The number of carbonyl (C=O) groups is 1. The lowest BCUT2D eigenvalue weighted by Crippen LogP contribution is -2.29. The van der Waals surface area contributed by atoms with E-state index in [0.29, 0.717) is 5.57 Å². The van der Waals surface area contributed by atoms with E-state index in [4.69, 9.17) is 4.74 Å². The molecule has 0 atom stereocenters. The average Bonchev–Trinajstić information content (AvgIpc) is 2.61. The summed E-state index contributed by atoms with van der Waals surface area (Å²) in [5.41, 5.74) is 0.287. The Morgan fingerprint density at radius 2 is 1.64 bits per heavy atom. The molecular weight excluding hydrogens is 274 g/mol. The van der Waals surface area contributed by atoms with Gasteiger partial charge >= 0.3 is 0 Å². The maximum Gasteiger partial charge on any atom is 0.194 e. The molecule has 0 radical (unpaired) electrons. The molecule has 0 unspecified atom stereocenters. The first-order valence-electron chi connectivity index (χ1n) is 7.51. The summed E-state index contributed by atoms with van der Waals surface area (Å²) in [5, 5.41) is 5.60. The van der Waals surface area contributed by atoms with Gasteiger partial charge in [0.25, 0.3) is 0 Å². The van der Waals surface area contributed by atoms with Gasteiger partial charge in [0.15, 0.2) is 5.78 Å². The first kappa shape index (κ1) is 14.8. The van der Waals surface area contributed by atoms with Crippen molar-refractivity contribution >= 4 is 22.2 Å². The lowest BCUT2D eigenvalue weighted by Gasteiger charge is -2.22. The van der Waals surface area contributed by atoms with Crippen LogP contribution in [0.2, 0.25) is 0 Å². The van der Waals surface area contributed by atoms with Crippen LogP contribution in [0.15, 0.2) is 54.2 Å². The van der Waals surface area contributed by atoms with Crippen LogP contribution in [0.5, 0.6) is 0 Å². The maximum atomic E-state index is 12.4. The summed E-state index contributed by atoms with van der Waals surface area (Å²) in [5.74, 6) is 0.0331. The van der Waals surface area contributed by atoms with Gasteiger partial charge in [-0.25, -0.2) is 0 Å². The number of carbonyl (C=O) groups excluding carboxylic acids is 1. The summed E-state index contributed by atoms with van der Waals surface area (Å²) in [4.78, 5) is 12.4. The minimum absolute atomic E-state index is 0.0331. The zero-order valence-electron chi connectivity index (χ0n) is 13.4. The van der Waals surface area contributed by atoms with Crippen molar-refractivity contribution in [3.05, 3.63) is 54.2 Å². The van der Waals surface area contributed by atoms with E-state index in [1.807, 2.05) is 45.9 Å². The highest BCUT2D eigenvalue weighted by Gasteiger charge is 2.49. The van der Waals surface area contributed by atoms with Crippen LogP contribution >= 0.6 is 0 Å². The number of ether oxygens (including phenoxy) is 1. The van der Waals surface area contributed by atoms with Crippen molar-refractivity contribution in [2.24, 2.45) is 0 Å². The third kappa shape index (κ3) is 2.53. The van der Waals surface area contributed by atoms with Crippen molar-refractivity contribution in [3.63, 3.8) is 0 Å². The maximum absolute atomic E-state index is 12.4. The minimum atomic E-state index is -0.763. The molecule has 1 N–H and O–H groups in total. The van der Waals surface area contributed by atoms with E-state index in [2.05, 4.69) is 29.6 Å². The van der Waals surface area contributed by atoms with Gasteiger partial charge in [0, 0.05) is 17.5 Å². The zero-order chi connectivity index (χ0) is 16.0. The second kappa shape index (κ2) is 4.96. The van der Waals surface area contributed by atoms with Crippen LogP contribution in [-0.2, 0) is 9.53 Å². The second-order valence-corrected chi connectivity index (χ2v) is 6.72. The Hall–Kier alpha value is -2.13. The number of ketones is 1. The van der Waals surface area contributed by atoms with Gasteiger partial charge in [-0.15, -0.1) is 0 Å². The van der Waals surface area contributed by atoms with E-state index in [9.17, 15) is 4.79 Å². The summed E-state index contributed by atoms with van der Waals surface area (Å²) >= 11 is 0. The summed E-state index contributed by atoms with van der Waals surface area (Å²) in [6.45, 7) is 7.48. The third-order valence-corrected chi connectivity index (χ3v) is 4.08. The first-order chi connectivity index (χ1) is 10.3. The number of fused-ring (bicyclic) bond motifs is 1. The molecular formula is C19H21NO2. The molecule has 0 bridgehead atoms. The number of nitrogens with one attached hydrogen (secondary N) is 1. The Morgan fingerprint density at radius 1 is 0.955 bits per heavy atom. The van der Waals surface area contributed by atoms with Crippen molar-refractivity contribution < 1.29 is 9.53 Å². The second-order valence-electron chi connectivity index (χ2n) is 6.72. The molecule has 0 saturated carbocycles. The van der Waals surface area contributed by atoms with E-state index in [-0.39, 0.29) is 5.78 Å². The predicted octanol–water partition coefficient (Wildman–Crippen LogP) is 4.29. The third-order valence-electron chi connectivity index (χ3n) is 4.08. The van der Waals surface area contributed by atoms with Gasteiger partial charge in [-0.2, -0.15) is 0 Å². The molecule has 0 spiro atoms. The van der Waals surface area contributed by atoms with Gasteiger partial charge in [-0.1, -0.05) is 30.3 Å². The molecule has 0 aliphatic carbocycles. The van der Waals surface area contributed by atoms with E-state index in [0.717, 1.165) is 5.69 Å². The van der Waals surface area contributed by atoms with Gasteiger partial charge < -0.3 is 10.1 Å². The fourth-order valence-corrected chi connectivity index (χ4v) is 3.01. The number of hydrogen-bond donors (Lipinski definition) is 1. The van der Waals surface area contributed by atoms with Gasteiger partial charge in [-0.05, 0) is 50.6 Å². The van der Waals surface area contributed by atoms with Crippen LogP contribution < -0.4 is 5.32 Å². The Kier molecular flexibility index (Phi) is 3.33. The largest absolute Gasteiger partial charge is 0.361 e. The summed E-state index contributed by atoms with van der Waals surface area (Å²) in [6, 6.07) is 14.4. The molecule has 0 amide bonds. The lowest BCUT2D eigenvalue weighted by atomic mass is 9.93. The number of anilines is 1. The molecule has 3 nitrogen and oxygen atoms in total. The van der Waals surface area contributed by atoms with E-state index < -0.39 is 11.2 Å². The average molecular weight is 295 g/mol. The minimum Gasteiger partial charge on any atom is -0.361 e. The van der Waals surface area contributed by atoms with Gasteiger partial charge in [0.1, 0.15) is 5.60 Å². The zero-order valence-corrected chi connectivity index (χ0v) is 13.4. The molecule has 1 heterocycles. The standard InChI is InChI=1S/C19H21NO2/c1-18(2)16(17(21)19(3,4)22-18)12-20-15-10-9-13-7-5-6-8-14(13)11-15/h5-12,20H,1-4H3/b16-12+.